The van der Waals surface area contributed by atoms with Gasteiger partial charge >= 0.3 is 6.01 Å². The van der Waals surface area contributed by atoms with Gasteiger partial charge in [0.1, 0.15) is 12.2 Å². The summed E-state index contributed by atoms with van der Waals surface area (Å²) in [6.07, 6.45) is 1.05. The Balaban J connectivity index is 2.94. The smallest absolute Gasteiger partial charge is 0.321 e. The Morgan fingerprint density at radius 3 is 2.85 bits per heavy atom. The Morgan fingerprint density at radius 1 is 1.46 bits per heavy atom. The van der Waals surface area contributed by atoms with Crippen molar-refractivity contribution in [2.24, 2.45) is 4.99 Å². The molecule has 0 unspecified atom stereocenters. The highest BCUT2D eigenvalue weighted by molar-refractivity contribution is 5.56. The van der Waals surface area contributed by atoms with Crippen molar-refractivity contribution in [2.75, 3.05) is 7.11 Å². The predicted octanol–water partition coefficient (Wildman–Crippen LogP) is -0.173. The number of nitrogens with zero attached hydrogens (tertiary/aromatic N) is 4. The van der Waals surface area contributed by atoms with Gasteiger partial charge in [-0.3, -0.25) is 10.7 Å². The van der Waals surface area contributed by atoms with Crippen LogP contribution in [0.3, 0.4) is 0 Å². The molecule has 0 atom stereocenters. The van der Waals surface area contributed by atoms with E-state index in [0.29, 0.717) is 5.82 Å². The molecule has 1 aromatic heterocycles. The van der Waals surface area contributed by atoms with Crippen molar-refractivity contribution in [3.05, 3.63) is 5.82 Å². The Morgan fingerprint density at radius 2 is 2.23 bits per heavy atom. The highest BCUT2D eigenvalue weighted by Gasteiger charge is 2.00. The minimum Gasteiger partial charge on any atom is -0.467 e. The van der Waals surface area contributed by atoms with Gasteiger partial charge in [0.25, 0.3) is 5.95 Å². The SMILES string of the molecule is COc1nc(C)nc(/N=C/NO)n1. The molecule has 0 amide bonds. The summed E-state index contributed by atoms with van der Waals surface area (Å²) in [5, 5.41) is 8.22. The molecular formula is C6H9N5O2. The third kappa shape index (κ3) is 2.64. The van der Waals surface area contributed by atoms with Crippen molar-refractivity contribution in [3.8, 4) is 6.01 Å². The molecule has 1 rings (SSSR count). The second kappa shape index (κ2) is 4.31. The zero-order chi connectivity index (χ0) is 9.68. The molecule has 0 aromatic carbocycles. The largest absolute Gasteiger partial charge is 0.467 e. The fourth-order valence-corrected chi connectivity index (χ4v) is 0.679. The Kier molecular flexibility index (Phi) is 3.09. The van der Waals surface area contributed by atoms with Crippen molar-refractivity contribution in [2.45, 2.75) is 6.92 Å². The molecule has 0 aliphatic carbocycles. The Labute approximate surface area is 74.5 Å². The lowest BCUT2D eigenvalue weighted by molar-refractivity contribution is 0.240. The molecule has 0 saturated carbocycles. The summed E-state index contributed by atoms with van der Waals surface area (Å²) in [6.45, 7) is 1.69. The van der Waals surface area contributed by atoms with Gasteiger partial charge in [0.05, 0.1) is 7.11 Å². The maximum absolute atomic E-state index is 8.22. The lowest BCUT2D eigenvalue weighted by Crippen LogP contribution is -2.02. The van der Waals surface area contributed by atoms with Crippen molar-refractivity contribution < 1.29 is 9.94 Å². The zero-order valence-corrected chi connectivity index (χ0v) is 7.22. The molecule has 70 valence electrons. The maximum Gasteiger partial charge on any atom is 0.321 e. The van der Waals surface area contributed by atoms with E-state index in [1.807, 2.05) is 0 Å². The molecule has 1 aromatic rings. The van der Waals surface area contributed by atoms with Gasteiger partial charge in [-0.15, -0.1) is 0 Å². The van der Waals surface area contributed by atoms with E-state index in [2.05, 4.69) is 19.9 Å². The number of aromatic nitrogens is 3. The highest BCUT2D eigenvalue weighted by atomic mass is 16.5. The number of aryl methyl sites for hydroxylation is 1. The van der Waals surface area contributed by atoms with Gasteiger partial charge in [-0.2, -0.15) is 19.9 Å². The van der Waals surface area contributed by atoms with Crippen LogP contribution < -0.4 is 10.2 Å². The average molecular weight is 183 g/mol. The number of nitrogens with one attached hydrogen (secondary N) is 1. The van der Waals surface area contributed by atoms with Crippen LogP contribution in [0.4, 0.5) is 5.95 Å². The van der Waals surface area contributed by atoms with Gasteiger partial charge < -0.3 is 4.74 Å². The lowest BCUT2D eigenvalue weighted by Gasteiger charge is -1.98. The van der Waals surface area contributed by atoms with Crippen LogP contribution in [0, 0.1) is 6.92 Å². The lowest BCUT2D eigenvalue weighted by atomic mass is 10.7. The zero-order valence-electron chi connectivity index (χ0n) is 7.22. The van der Waals surface area contributed by atoms with E-state index in [-0.39, 0.29) is 12.0 Å². The van der Waals surface area contributed by atoms with Crippen LogP contribution in [-0.4, -0.2) is 33.6 Å². The standard InChI is InChI=1S/C6H9N5O2/c1-4-9-5(7-3-8-12)11-6(10-4)13-2/h3,12H,1-2H3,(H,7,8,9,10,11). The quantitative estimate of drug-likeness (QED) is 0.384. The molecule has 13 heavy (non-hydrogen) atoms. The van der Waals surface area contributed by atoms with Gasteiger partial charge in [0, 0.05) is 0 Å². The minimum atomic E-state index is 0.172. The fraction of sp³-hybridized carbons (Fsp3) is 0.333. The topological polar surface area (TPSA) is 92.5 Å². The molecule has 2 N–H and O–H groups in total. The van der Waals surface area contributed by atoms with E-state index < -0.39 is 0 Å². The summed E-state index contributed by atoms with van der Waals surface area (Å²) in [5.41, 5.74) is 1.74. The van der Waals surface area contributed by atoms with Crippen LogP contribution >= 0.6 is 0 Å². The summed E-state index contributed by atoms with van der Waals surface area (Å²) in [7, 11) is 1.45. The molecule has 0 bridgehead atoms. The fourth-order valence-electron chi connectivity index (χ4n) is 0.679. The summed E-state index contributed by atoms with van der Waals surface area (Å²) in [5.74, 6) is 0.669. The van der Waals surface area contributed by atoms with Crippen LogP contribution in [0.25, 0.3) is 0 Å². The molecule has 0 aliphatic rings. The second-order valence-corrected chi connectivity index (χ2v) is 2.06. The minimum absolute atomic E-state index is 0.172. The van der Waals surface area contributed by atoms with Crippen molar-refractivity contribution in [1.82, 2.24) is 20.4 Å². The van der Waals surface area contributed by atoms with Gasteiger partial charge in [-0.05, 0) is 6.92 Å². The first-order valence-electron chi connectivity index (χ1n) is 3.45. The third-order valence-electron chi connectivity index (χ3n) is 1.14. The molecule has 0 radical (unpaired) electrons. The van der Waals surface area contributed by atoms with Gasteiger partial charge in [-0.25, -0.2) is 0 Å². The van der Waals surface area contributed by atoms with E-state index in [9.17, 15) is 0 Å². The molecule has 0 aliphatic heterocycles. The van der Waals surface area contributed by atoms with Gasteiger partial charge in [0.15, 0.2) is 0 Å². The van der Waals surface area contributed by atoms with Crippen LogP contribution in [0.5, 0.6) is 6.01 Å². The van der Waals surface area contributed by atoms with Gasteiger partial charge in [0.2, 0.25) is 0 Å². The molecular weight excluding hydrogens is 174 g/mol. The third-order valence-corrected chi connectivity index (χ3v) is 1.14. The molecule has 0 saturated heterocycles. The summed E-state index contributed by atoms with van der Waals surface area (Å²) < 4.78 is 4.80. The summed E-state index contributed by atoms with van der Waals surface area (Å²) in [4.78, 5) is 15.2. The highest BCUT2D eigenvalue weighted by Crippen LogP contribution is 2.08. The van der Waals surface area contributed by atoms with Crippen LogP contribution in [0.2, 0.25) is 0 Å². The number of ether oxygens (including phenoxy) is 1. The summed E-state index contributed by atoms with van der Waals surface area (Å²) >= 11 is 0. The number of aliphatic imine (C=N–C) groups is 1. The van der Waals surface area contributed by atoms with Crippen molar-refractivity contribution in [3.63, 3.8) is 0 Å². The summed E-state index contributed by atoms with van der Waals surface area (Å²) in [6, 6.07) is 0.192. The molecule has 0 fully saturated rings. The Hall–Kier alpha value is -1.76. The Bertz CT molecular complexity index is 314. The second-order valence-electron chi connectivity index (χ2n) is 2.06. The number of hydrogen-bond donors (Lipinski definition) is 2. The van der Waals surface area contributed by atoms with Crippen molar-refractivity contribution >= 4 is 12.3 Å². The number of methoxy groups -OCH3 is 1. The maximum atomic E-state index is 8.22. The molecule has 0 spiro atoms. The van der Waals surface area contributed by atoms with Crippen molar-refractivity contribution in [1.29, 1.82) is 0 Å². The van der Waals surface area contributed by atoms with Gasteiger partial charge in [-0.1, -0.05) is 0 Å². The van der Waals surface area contributed by atoms with Crippen LogP contribution in [0.15, 0.2) is 4.99 Å². The molecule has 7 nitrogen and oxygen atoms in total. The van der Waals surface area contributed by atoms with E-state index in [4.69, 9.17) is 9.94 Å². The number of hydrogen-bond acceptors (Lipinski definition) is 6. The van der Waals surface area contributed by atoms with E-state index in [1.54, 1.807) is 12.4 Å². The normalized spacial score (nSPS) is 10.4. The number of rotatable bonds is 3. The first kappa shape index (κ1) is 9.33. The van der Waals surface area contributed by atoms with Crippen LogP contribution in [0.1, 0.15) is 5.82 Å². The number of hydroxylamine groups is 1. The van der Waals surface area contributed by atoms with E-state index in [1.165, 1.54) is 7.11 Å². The average Bonchev–Trinajstić information content (AvgIpc) is 2.14. The first-order chi connectivity index (χ1) is 6.26. The monoisotopic (exact) mass is 183 g/mol. The van der Waals surface area contributed by atoms with Crippen LogP contribution in [-0.2, 0) is 0 Å². The molecule has 1 heterocycles. The predicted molar refractivity (Wildman–Crippen MR) is 44.2 cm³/mol. The molecule has 7 heteroatoms. The van der Waals surface area contributed by atoms with E-state index in [0.717, 1.165) is 6.34 Å². The van der Waals surface area contributed by atoms with E-state index >= 15 is 0 Å². The first-order valence-corrected chi connectivity index (χ1v) is 3.45.